The standard InChI is InChI=1S/C26H21N3O5/c30-24(29-23-4-2-1-3-22(23)26(31)32)15-19-5-10-25(28-16-19)34-21-8-6-20(7-9-21)33-17-18-11-13-27-14-12-18/h1-14,16H,15,17H2,(H,29,30)(H,31,32). The first kappa shape index (κ1) is 22.5. The molecule has 0 aliphatic carbocycles. The molecule has 0 radical (unpaired) electrons. The Hall–Kier alpha value is -4.72. The Balaban J connectivity index is 1.29. The van der Waals surface area contributed by atoms with Crippen molar-refractivity contribution in [2.45, 2.75) is 13.0 Å². The van der Waals surface area contributed by atoms with Gasteiger partial charge in [0.15, 0.2) is 0 Å². The molecule has 0 spiro atoms. The second-order valence-electron chi connectivity index (χ2n) is 7.30. The summed E-state index contributed by atoms with van der Waals surface area (Å²) in [7, 11) is 0. The Morgan fingerprint density at radius 2 is 1.59 bits per heavy atom. The molecule has 0 saturated carbocycles. The maximum Gasteiger partial charge on any atom is 0.337 e. The number of carbonyl (C=O) groups is 2. The zero-order chi connectivity index (χ0) is 23.8. The number of para-hydroxylation sites is 1. The molecule has 2 aromatic heterocycles. The van der Waals surface area contributed by atoms with E-state index in [1.165, 1.54) is 6.07 Å². The second-order valence-corrected chi connectivity index (χ2v) is 7.30. The van der Waals surface area contributed by atoms with Gasteiger partial charge in [0.25, 0.3) is 0 Å². The van der Waals surface area contributed by atoms with E-state index in [2.05, 4.69) is 15.3 Å². The summed E-state index contributed by atoms with van der Waals surface area (Å²) in [6.45, 7) is 0.446. The monoisotopic (exact) mass is 455 g/mol. The predicted octanol–water partition coefficient (Wildman–Crippen LogP) is 4.73. The normalized spacial score (nSPS) is 10.4. The molecule has 4 aromatic rings. The maximum absolute atomic E-state index is 12.3. The summed E-state index contributed by atoms with van der Waals surface area (Å²) in [5.74, 6) is 0.243. The highest BCUT2D eigenvalue weighted by atomic mass is 16.5. The third kappa shape index (κ3) is 6.17. The van der Waals surface area contributed by atoms with Crippen LogP contribution in [0, 0.1) is 0 Å². The first-order valence-corrected chi connectivity index (χ1v) is 10.4. The van der Waals surface area contributed by atoms with Gasteiger partial charge in [-0.2, -0.15) is 0 Å². The fourth-order valence-electron chi connectivity index (χ4n) is 3.10. The largest absolute Gasteiger partial charge is 0.489 e. The van der Waals surface area contributed by atoms with Crippen molar-refractivity contribution in [1.29, 1.82) is 0 Å². The Morgan fingerprint density at radius 3 is 2.29 bits per heavy atom. The summed E-state index contributed by atoms with van der Waals surface area (Å²) < 4.78 is 11.5. The molecule has 170 valence electrons. The lowest BCUT2D eigenvalue weighted by Gasteiger charge is -2.09. The van der Waals surface area contributed by atoms with E-state index in [-0.39, 0.29) is 23.6 Å². The molecule has 8 heteroatoms. The molecule has 0 aliphatic rings. The van der Waals surface area contributed by atoms with Crippen LogP contribution < -0.4 is 14.8 Å². The van der Waals surface area contributed by atoms with Crippen molar-refractivity contribution in [3.63, 3.8) is 0 Å². The van der Waals surface area contributed by atoms with Gasteiger partial charge in [0.2, 0.25) is 11.8 Å². The van der Waals surface area contributed by atoms with E-state index < -0.39 is 5.97 Å². The zero-order valence-electron chi connectivity index (χ0n) is 18.0. The Morgan fingerprint density at radius 1 is 0.853 bits per heavy atom. The van der Waals surface area contributed by atoms with Crippen LogP contribution >= 0.6 is 0 Å². The molecule has 8 nitrogen and oxygen atoms in total. The average Bonchev–Trinajstić information content (AvgIpc) is 2.85. The number of amides is 1. The predicted molar refractivity (Wildman–Crippen MR) is 125 cm³/mol. The van der Waals surface area contributed by atoms with Gasteiger partial charge < -0.3 is 19.9 Å². The van der Waals surface area contributed by atoms with Crippen molar-refractivity contribution in [3.8, 4) is 17.4 Å². The van der Waals surface area contributed by atoms with Crippen LogP contribution in [0.1, 0.15) is 21.5 Å². The van der Waals surface area contributed by atoms with E-state index in [1.54, 1.807) is 61.1 Å². The number of anilines is 1. The van der Waals surface area contributed by atoms with E-state index in [0.29, 0.717) is 29.5 Å². The third-order valence-electron chi connectivity index (χ3n) is 4.79. The van der Waals surface area contributed by atoms with Crippen molar-refractivity contribution in [2.24, 2.45) is 0 Å². The van der Waals surface area contributed by atoms with E-state index in [1.807, 2.05) is 24.3 Å². The van der Waals surface area contributed by atoms with Gasteiger partial charge in [-0.05, 0) is 59.7 Å². The summed E-state index contributed by atoms with van der Waals surface area (Å²) in [6.07, 6.45) is 5.03. The van der Waals surface area contributed by atoms with Gasteiger partial charge in [-0.3, -0.25) is 9.78 Å². The fourth-order valence-corrected chi connectivity index (χ4v) is 3.10. The van der Waals surface area contributed by atoms with Crippen molar-refractivity contribution >= 4 is 17.6 Å². The molecule has 0 atom stereocenters. The average molecular weight is 455 g/mol. The van der Waals surface area contributed by atoms with Crippen molar-refractivity contribution in [3.05, 3.63) is 108 Å². The van der Waals surface area contributed by atoms with Gasteiger partial charge in [0, 0.05) is 24.7 Å². The minimum absolute atomic E-state index is 0.0338. The topological polar surface area (TPSA) is 111 Å². The lowest BCUT2D eigenvalue weighted by Crippen LogP contribution is -2.16. The number of carbonyl (C=O) groups excluding carboxylic acids is 1. The number of hydrogen-bond donors (Lipinski definition) is 2. The van der Waals surface area contributed by atoms with Crippen molar-refractivity contribution < 1.29 is 24.2 Å². The maximum atomic E-state index is 12.3. The van der Waals surface area contributed by atoms with E-state index >= 15 is 0 Å². The number of hydrogen-bond acceptors (Lipinski definition) is 6. The minimum atomic E-state index is -1.10. The number of ether oxygens (including phenoxy) is 2. The zero-order valence-corrected chi connectivity index (χ0v) is 18.0. The van der Waals surface area contributed by atoms with Crippen LogP contribution in [0.4, 0.5) is 5.69 Å². The molecule has 0 bridgehead atoms. The van der Waals surface area contributed by atoms with Crippen LogP contribution in [0.3, 0.4) is 0 Å². The molecule has 2 N–H and O–H groups in total. The molecular formula is C26H21N3O5. The lowest BCUT2D eigenvalue weighted by atomic mass is 10.1. The van der Waals surface area contributed by atoms with Gasteiger partial charge in [-0.25, -0.2) is 9.78 Å². The molecule has 4 rings (SSSR count). The highest BCUT2D eigenvalue weighted by Gasteiger charge is 2.12. The van der Waals surface area contributed by atoms with Gasteiger partial charge in [0.1, 0.15) is 18.1 Å². The van der Waals surface area contributed by atoms with Crippen LogP contribution in [-0.2, 0) is 17.8 Å². The molecule has 0 aliphatic heterocycles. The molecule has 0 saturated heterocycles. The van der Waals surface area contributed by atoms with Gasteiger partial charge >= 0.3 is 5.97 Å². The first-order valence-electron chi connectivity index (χ1n) is 10.4. The van der Waals surface area contributed by atoms with Crippen LogP contribution in [-0.4, -0.2) is 27.0 Å². The van der Waals surface area contributed by atoms with Crippen molar-refractivity contribution in [2.75, 3.05) is 5.32 Å². The summed E-state index contributed by atoms with van der Waals surface area (Å²) in [4.78, 5) is 31.8. The Kier molecular flexibility index (Phi) is 7.09. The van der Waals surface area contributed by atoms with Gasteiger partial charge in [-0.1, -0.05) is 18.2 Å². The number of benzene rings is 2. The fraction of sp³-hybridized carbons (Fsp3) is 0.0769. The Bertz CT molecular complexity index is 1260. The Labute approximate surface area is 195 Å². The number of pyridine rings is 2. The van der Waals surface area contributed by atoms with Gasteiger partial charge in [-0.15, -0.1) is 0 Å². The van der Waals surface area contributed by atoms with Crippen LogP contribution in [0.2, 0.25) is 0 Å². The molecule has 34 heavy (non-hydrogen) atoms. The van der Waals surface area contributed by atoms with Crippen molar-refractivity contribution in [1.82, 2.24) is 9.97 Å². The van der Waals surface area contributed by atoms with Crippen LogP contribution in [0.5, 0.6) is 17.4 Å². The minimum Gasteiger partial charge on any atom is -0.489 e. The van der Waals surface area contributed by atoms with Gasteiger partial charge in [0.05, 0.1) is 17.7 Å². The lowest BCUT2D eigenvalue weighted by molar-refractivity contribution is -0.115. The first-order chi connectivity index (χ1) is 16.6. The van der Waals surface area contributed by atoms with Crippen LogP contribution in [0.15, 0.2) is 91.4 Å². The molecule has 2 aromatic carbocycles. The molecule has 0 fully saturated rings. The summed E-state index contributed by atoms with van der Waals surface area (Å²) in [6, 6.07) is 20.6. The molecule has 2 heterocycles. The number of carboxylic acid groups (broad SMARTS) is 1. The highest BCUT2D eigenvalue weighted by Crippen LogP contribution is 2.23. The quantitative estimate of drug-likeness (QED) is 0.375. The number of aromatic carboxylic acids is 1. The molecular weight excluding hydrogens is 434 g/mol. The number of nitrogens with one attached hydrogen (secondary N) is 1. The van der Waals surface area contributed by atoms with E-state index in [4.69, 9.17) is 9.47 Å². The second kappa shape index (κ2) is 10.7. The highest BCUT2D eigenvalue weighted by molar-refractivity contribution is 6.00. The summed E-state index contributed by atoms with van der Waals surface area (Å²) in [5.41, 5.74) is 1.98. The molecule has 0 unspecified atom stereocenters. The van der Waals surface area contributed by atoms with E-state index in [0.717, 1.165) is 5.56 Å². The number of rotatable bonds is 9. The third-order valence-corrected chi connectivity index (χ3v) is 4.79. The van der Waals surface area contributed by atoms with Crippen LogP contribution in [0.25, 0.3) is 0 Å². The smallest absolute Gasteiger partial charge is 0.337 e. The number of aromatic nitrogens is 2. The number of carboxylic acids is 1. The SMILES string of the molecule is O=C(Cc1ccc(Oc2ccc(OCc3ccncc3)cc2)nc1)Nc1ccccc1C(=O)O. The number of nitrogens with zero attached hydrogens (tertiary/aromatic N) is 2. The molecule has 1 amide bonds. The summed E-state index contributed by atoms with van der Waals surface area (Å²) >= 11 is 0. The summed E-state index contributed by atoms with van der Waals surface area (Å²) in [5, 5.41) is 11.9. The van der Waals surface area contributed by atoms with E-state index in [9.17, 15) is 14.7 Å².